The van der Waals surface area contributed by atoms with Crippen LogP contribution in [0.4, 0.5) is 5.69 Å². The fraction of sp³-hybridized carbons (Fsp3) is 0.435. The number of rotatable bonds is 7. The Balaban J connectivity index is 1.66. The summed E-state index contributed by atoms with van der Waals surface area (Å²) in [7, 11) is 5.46. The summed E-state index contributed by atoms with van der Waals surface area (Å²) in [6, 6.07) is 12.6. The molecule has 6 nitrogen and oxygen atoms in total. The molecule has 0 saturated heterocycles. The fourth-order valence-corrected chi connectivity index (χ4v) is 3.63. The summed E-state index contributed by atoms with van der Waals surface area (Å²) in [5.74, 6) is 2.26. The molecule has 2 N–H and O–H groups in total. The normalized spacial score (nSPS) is 13.7. The molecule has 1 heterocycles. The van der Waals surface area contributed by atoms with Crippen LogP contribution in [0.5, 0.6) is 11.5 Å². The summed E-state index contributed by atoms with van der Waals surface area (Å²) in [6.07, 6.45) is 2.36. The quantitative estimate of drug-likeness (QED) is 0.555. The number of benzene rings is 2. The number of aliphatic imine (C=N–C) groups is 1. The van der Waals surface area contributed by atoms with Crippen molar-refractivity contribution in [2.24, 2.45) is 4.99 Å². The number of nitrogens with one attached hydrogen (secondary N) is 2. The van der Waals surface area contributed by atoms with Crippen LogP contribution in [0.3, 0.4) is 0 Å². The van der Waals surface area contributed by atoms with Gasteiger partial charge in [-0.2, -0.15) is 0 Å². The van der Waals surface area contributed by atoms with Crippen molar-refractivity contribution in [3.8, 4) is 11.5 Å². The van der Waals surface area contributed by atoms with Gasteiger partial charge in [-0.3, -0.25) is 0 Å². The highest BCUT2D eigenvalue weighted by Gasteiger charge is 2.13. The Labute approximate surface area is 173 Å². The summed E-state index contributed by atoms with van der Waals surface area (Å²) in [5.41, 5.74) is 5.12. The van der Waals surface area contributed by atoms with Crippen LogP contribution in [0, 0.1) is 0 Å². The van der Waals surface area contributed by atoms with Gasteiger partial charge in [-0.05, 0) is 54.7 Å². The standard InChI is InChI=1S/C23H32N4O2/c1-5-24-23(26-16-18-9-11-21(28-3)22(14-18)29-4)25-15-17-8-10-20-19(13-17)7-6-12-27(20)2/h8-11,13-14H,5-7,12,15-16H2,1-4H3,(H2,24,25,26). The Hall–Kier alpha value is -2.89. The van der Waals surface area contributed by atoms with Crippen LogP contribution in [-0.2, 0) is 19.5 Å². The summed E-state index contributed by atoms with van der Waals surface area (Å²) in [4.78, 5) is 7.10. The first kappa shape index (κ1) is 20.8. The minimum Gasteiger partial charge on any atom is -0.493 e. The second kappa shape index (κ2) is 10.0. The third-order valence-electron chi connectivity index (χ3n) is 5.17. The van der Waals surface area contributed by atoms with Crippen LogP contribution in [0.15, 0.2) is 41.4 Å². The van der Waals surface area contributed by atoms with E-state index < -0.39 is 0 Å². The van der Waals surface area contributed by atoms with Gasteiger partial charge in [0, 0.05) is 32.4 Å². The van der Waals surface area contributed by atoms with Crippen LogP contribution in [0.2, 0.25) is 0 Å². The molecule has 3 rings (SSSR count). The SMILES string of the molecule is CCNC(=NCc1ccc2c(c1)CCCN2C)NCc1ccc(OC)c(OC)c1. The topological polar surface area (TPSA) is 58.1 Å². The number of methoxy groups -OCH3 is 2. The van der Waals surface area contributed by atoms with Gasteiger partial charge >= 0.3 is 0 Å². The molecule has 0 aliphatic carbocycles. The highest BCUT2D eigenvalue weighted by atomic mass is 16.5. The van der Waals surface area contributed by atoms with Gasteiger partial charge in [0.25, 0.3) is 0 Å². The van der Waals surface area contributed by atoms with Gasteiger partial charge in [-0.25, -0.2) is 4.99 Å². The van der Waals surface area contributed by atoms with Gasteiger partial charge in [-0.15, -0.1) is 0 Å². The van der Waals surface area contributed by atoms with E-state index in [1.54, 1.807) is 14.2 Å². The van der Waals surface area contributed by atoms with E-state index in [9.17, 15) is 0 Å². The van der Waals surface area contributed by atoms with E-state index in [4.69, 9.17) is 14.5 Å². The number of anilines is 1. The van der Waals surface area contributed by atoms with E-state index >= 15 is 0 Å². The highest BCUT2D eigenvalue weighted by molar-refractivity contribution is 5.79. The maximum Gasteiger partial charge on any atom is 0.191 e. The molecule has 0 atom stereocenters. The minimum absolute atomic E-state index is 0.651. The number of aryl methyl sites for hydroxylation is 1. The van der Waals surface area contributed by atoms with Crippen LogP contribution in [0.25, 0.3) is 0 Å². The van der Waals surface area contributed by atoms with Crippen LogP contribution in [0.1, 0.15) is 30.0 Å². The van der Waals surface area contributed by atoms with Crippen molar-refractivity contribution in [1.29, 1.82) is 0 Å². The number of hydrogen-bond donors (Lipinski definition) is 2. The summed E-state index contributed by atoms with van der Waals surface area (Å²) < 4.78 is 10.7. The van der Waals surface area contributed by atoms with Gasteiger partial charge in [0.2, 0.25) is 0 Å². The summed E-state index contributed by atoms with van der Waals surface area (Å²) in [6.45, 7) is 5.32. The van der Waals surface area contributed by atoms with Crippen molar-refractivity contribution in [3.63, 3.8) is 0 Å². The zero-order valence-electron chi connectivity index (χ0n) is 17.9. The maximum absolute atomic E-state index is 5.39. The molecular formula is C23H32N4O2. The van der Waals surface area contributed by atoms with Crippen molar-refractivity contribution >= 4 is 11.6 Å². The Morgan fingerprint density at radius 1 is 1.03 bits per heavy atom. The summed E-state index contributed by atoms with van der Waals surface area (Å²) in [5, 5.41) is 6.72. The van der Waals surface area contributed by atoms with Crippen LogP contribution < -0.4 is 25.0 Å². The van der Waals surface area contributed by atoms with E-state index in [0.29, 0.717) is 13.1 Å². The minimum atomic E-state index is 0.651. The van der Waals surface area contributed by atoms with Gasteiger partial charge in [0.1, 0.15) is 0 Å². The third kappa shape index (κ3) is 5.34. The molecule has 29 heavy (non-hydrogen) atoms. The highest BCUT2D eigenvalue weighted by Crippen LogP contribution is 2.28. The van der Waals surface area contributed by atoms with Crippen molar-refractivity contribution in [3.05, 3.63) is 53.1 Å². The Bertz CT molecular complexity index is 851. The number of ether oxygens (including phenoxy) is 2. The lowest BCUT2D eigenvalue weighted by molar-refractivity contribution is 0.354. The first-order valence-electron chi connectivity index (χ1n) is 10.2. The number of nitrogens with zero attached hydrogens (tertiary/aromatic N) is 2. The Morgan fingerprint density at radius 3 is 2.59 bits per heavy atom. The van der Waals surface area contributed by atoms with Gasteiger partial charge in [-0.1, -0.05) is 18.2 Å². The number of hydrogen-bond acceptors (Lipinski definition) is 4. The predicted molar refractivity (Wildman–Crippen MR) is 119 cm³/mol. The molecule has 0 spiro atoms. The molecule has 2 aromatic carbocycles. The van der Waals surface area contributed by atoms with Gasteiger partial charge in [0.05, 0.1) is 20.8 Å². The average molecular weight is 397 g/mol. The summed E-state index contributed by atoms with van der Waals surface area (Å²) >= 11 is 0. The molecule has 0 unspecified atom stereocenters. The van der Waals surface area contributed by atoms with Crippen molar-refractivity contribution in [1.82, 2.24) is 10.6 Å². The monoisotopic (exact) mass is 396 g/mol. The second-order valence-corrected chi connectivity index (χ2v) is 7.23. The van der Waals surface area contributed by atoms with Gasteiger partial charge < -0.3 is 25.0 Å². The van der Waals surface area contributed by atoms with E-state index in [-0.39, 0.29) is 0 Å². The second-order valence-electron chi connectivity index (χ2n) is 7.23. The number of guanidine groups is 1. The lowest BCUT2D eigenvalue weighted by Crippen LogP contribution is -2.36. The van der Waals surface area contributed by atoms with Crippen molar-refractivity contribution in [2.45, 2.75) is 32.9 Å². The van der Waals surface area contributed by atoms with E-state index in [1.165, 1.54) is 23.2 Å². The van der Waals surface area contributed by atoms with Crippen LogP contribution in [-0.4, -0.2) is 40.3 Å². The Kier molecular flexibility index (Phi) is 7.22. The first-order valence-corrected chi connectivity index (χ1v) is 10.2. The van der Waals surface area contributed by atoms with Gasteiger partial charge in [0.15, 0.2) is 17.5 Å². The zero-order valence-corrected chi connectivity index (χ0v) is 17.9. The lowest BCUT2D eigenvalue weighted by atomic mass is 10.00. The molecule has 0 amide bonds. The molecule has 0 fully saturated rings. The Morgan fingerprint density at radius 2 is 1.83 bits per heavy atom. The molecule has 6 heteroatoms. The molecule has 0 aromatic heterocycles. The third-order valence-corrected chi connectivity index (χ3v) is 5.17. The molecule has 1 aliphatic rings. The van der Waals surface area contributed by atoms with E-state index in [0.717, 1.165) is 42.5 Å². The van der Waals surface area contributed by atoms with Crippen molar-refractivity contribution < 1.29 is 9.47 Å². The number of fused-ring (bicyclic) bond motifs is 1. The molecule has 0 saturated carbocycles. The molecule has 0 radical (unpaired) electrons. The van der Waals surface area contributed by atoms with E-state index in [2.05, 4.69) is 47.7 Å². The molecule has 156 valence electrons. The predicted octanol–water partition coefficient (Wildman–Crippen LogP) is 3.34. The molecule has 1 aliphatic heterocycles. The smallest absolute Gasteiger partial charge is 0.191 e. The maximum atomic E-state index is 5.39. The lowest BCUT2D eigenvalue weighted by Gasteiger charge is -2.27. The van der Waals surface area contributed by atoms with Crippen LogP contribution >= 0.6 is 0 Å². The molecule has 2 aromatic rings. The molecule has 0 bridgehead atoms. The first-order chi connectivity index (χ1) is 14.1. The van der Waals surface area contributed by atoms with Crippen molar-refractivity contribution in [2.75, 3.05) is 39.3 Å². The average Bonchev–Trinajstić information content (AvgIpc) is 2.75. The molecular weight excluding hydrogens is 364 g/mol. The zero-order chi connectivity index (χ0) is 20.6. The fourth-order valence-electron chi connectivity index (χ4n) is 3.63. The van der Waals surface area contributed by atoms with E-state index in [1.807, 2.05) is 18.2 Å². The largest absolute Gasteiger partial charge is 0.493 e.